The lowest BCUT2D eigenvalue weighted by atomic mass is 9.71. The SMILES string of the molecule is C=CCO[C@@H](c1ccnc2ccccc12)[C@H]1C[C@@H]2CC[N@@+]1(CCN(CC[N@@+]13CC[C@@H](C[C@@H]1[C@@H](OCC=C)c1ccnc4ccccc14)[C@@H](C=C)C3)c1ccc(C[N@@+]34CC[C@@H](C[C@@H]3[C@@H](OCC=C)c3ccnc5ccccc35)[C@@H](C=C)C4)cc1)C[C@@H]2C=C. The summed E-state index contributed by atoms with van der Waals surface area (Å²) in [5.74, 6) is 3.11. The molecule has 450 valence electrons. The quantitative estimate of drug-likeness (QED) is 0.0375. The van der Waals surface area contributed by atoms with Crippen LogP contribution in [0.15, 0.2) is 210 Å². The van der Waals surface area contributed by atoms with E-state index in [2.05, 4.69) is 178 Å². The lowest BCUT2D eigenvalue weighted by Gasteiger charge is -2.59. The summed E-state index contributed by atoms with van der Waals surface area (Å²) in [5, 5.41) is 3.53. The van der Waals surface area contributed by atoms with E-state index >= 15 is 0 Å². The molecular formula is C77H92N7O3+3. The van der Waals surface area contributed by atoms with Crippen molar-refractivity contribution in [2.45, 2.75) is 81.5 Å². The van der Waals surface area contributed by atoms with Gasteiger partial charge in [0.1, 0.15) is 43.0 Å². The van der Waals surface area contributed by atoms with Crippen LogP contribution in [-0.2, 0) is 20.8 Å². The van der Waals surface area contributed by atoms with Crippen molar-refractivity contribution in [1.82, 2.24) is 15.0 Å². The molecule has 9 saturated heterocycles. The number of ether oxygens (including phenoxy) is 3. The zero-order valence-electron chi connectivity index (χ0n) is 51.3. The highest BCUT2D eigenvalue weighted by molar-refractivity contribution is 5.84. The van der Waals surface area contributed by atoms with E-state index in [0.717, 1.165) is 121 Å². The van der Waals surface area contributed by atoms with Crippen LogP contribution in [-0.4, -0.2) is 132 Å². The fourth-order valence-corrected chi connectivity index (χ4v) is 18.3. The van der Waals surface area contributed by atoms with E-state index in [0.29, 0.717) is 55.3 Å². The third kappa shape index (κ3) is 11.3. The van der Waals surface area contributed by atoms with Crippen LogP contribution >= 0.6 is 0 Å². The lowest BCUT2D eigenvalue weighted by Crippen LogP contribution is -2.70. The zero-order chi connectivity index (χ0) is 59.5. The average molecular weight is 1160 g/mol. The first kappa shape index (κ1) is 59.1. The molecule has 6 bridgehead atoms. The third-order valence-electron chi connectivity index (χ3n) is 22.7. The molecule has 10 heteroatoms. The van der Waals surface area contributed by atoms with Gasteiger partial charge in [-0.2, -0.15) is 0 Å². The Balaban J connectivity index is 0.871. The minimum atomic E-state index is -0.116. The van der Waals surface area contributed by atoms with Crippen LogP contribution in [0.1, 0.15) is 79.1 Å². The van der Waals surface area contributed by atoms with Crippen molar-refractivity contribution in [3.63, 3.8) is 0 Å². The second-order valence-corrected chi connectivity index (χ2v) is 26.8. The lowest BCUT2D eigenvalue weighted by molar-refractivity contribution is -0.985. The van der Waals surface area contributed by atoms with E-state index in [1.807, 2.05) is 36.8 Å². The Kier molecular flexibility index (Phi) is 17.4. The van der Waals surface area contributed by atoms with Crippen molar-refractivity contribution in [3.05, 3.63) is 232 Å². The normalized spacial score (nSPS) is 30.0. The van der Waals surface area contributed by atoms with E-state index < -0.39 is 0 Å². The van der Waals surface area contributed by atoms with Gasteiger partial charge in [-0.25, -0.2) is 0 Å². The molecular weight excluding hydrogens is 1070 g/mol. The molecule has 9 aliphatic heterocycles. The number of hydrogen-bond donors (Lipinski definition) is 0. The largest absolute Gasteiger partial charge is 0.363 e. The fraction of sp³-hybridized carbons (Fsp3) is 0.416. The van der Waals surface area contributed by atoms with Crippen LogP contribution < -0.4 is 4.90 Å². The minimum Gasteiger partial charge on any atom is -0.363 e. The number of pyridine rings is 3. The molecule has 7 aromatic rings. The standard InChI is InChI=1S/C77H92N7O3/c1-7-45-85-75(66-29-35-78-69-22-16-13-19-63(66)69)72-48-59-32-40-82(72,52-56(59)10-4)43-38-81(39-44-83-41-33-60(57(11-5)53-83)49-73(83)76(86-46-8-2)67-30-36-79-70-23-17-14-20-64(67)70)62-27-25-55(26-28-62)51-84-42-34-61(58(12-6)54-84)50-74(84)77(87-47-9-3)68-31-37-80-71-24-18-15-21-65(68)71/h7-31,35-37,56-61,72-77H,1-6,32-34,38-54H2/q+3/t56-,57-,58-,59-,60-,61-,72+,73+,74+,75-,76-,77-,82+,83+,84+/m0/s1. The molecule has 9 aliphatic rings. The Labute approximate surface area is 517 Å². The maximum atomic E-state index is 7.11. The summed E-state index contributed by atoms with van der Waals surface area (Å²) in [7, 11) is 0. The summed E-state index contributed by atoms with van der Waals surface area (Å²) in [6.45, 7) is 38.7. The van der Waals surface area contributed by atoms with Crippen LogP contribution in [0.5, 0.6) is 0 Å². The number of quaternary nitrogens is 3. The predicted octanol–water partition coefficient (Wildman–Crippen LogP) is 14.7. The topological polar surface area (TPSA) is 69.6 Å². The summed E-state index contributed by atoms with van der Waals surface area (Å²) in [4.78, 5) is 17.3. The van der Waals surface area contributed by atoms with Gasteiger partial charge in [-0.15, -0.1) is 39.5 Å². The first-order valence-electron chi connectivity index (χ1n) is 32.7. The van der Waals surface area contributed by atoms with E-state index in [9.17, 15) is 0 Å². The number of hydrogen-bond acceptors (Lipinski definition) is 7. The molecule has 15 atom stereocenters. The highest BCUT2D eigenvalue weighted by Gasteiger charge is 2.58. The number of nitrogens with zero attached hydrogens (tertiary/aromatic N) is 7. The summed E-state index contributed by atoms with van der Waals surface area (Å²) in [6, 6.07) is 43.1. The van der Waals surface area contributed by atoms with Crippen LogP contribution in [0.4, 0.5) is 5.69 Å². The number of benzene rings is 4. The molecule has 4 aromatic carbocycles. The Morgan fingerprint density at radius 2 is 0.805 bits per heavy atom. The molecule has 0 spiro atoms. The van der Waals surface area contributed by atoms with Crippen molar-refractivity contribution < 1.29 is 27.7 Å². The van der Waals surface area contributed by atoms with Crippen LogP contribution in [0.3, 0.4) is 0 Å². The Morgan fingerprint density at radius 3 is 1.18 bits per heavy atom. The van der Waals surface area contributed by atoms with Gasteiger partial charge in [0.05, 0.1) is 102 Å². The summed E-state index contributed by atoms with van der Waals surface area (Å²) >= 11 is 0. The molecule has 0 amide bonds. The van der Waals surface area contributed by atoms with Crippen LogP contribution in [0.2, 0.25) is 0 Å². The van der Waals surface area contributed by atoms with Crippen molar-refractivity contribution in [1.29, 1.82) is 0 Å². The third-order valence-corrected chi connectivity index (χ3v) is 22.7. The van der Waals surface area contributed by atoms with Gasteiger partial charge in [-0.05, 0) is 83.0 Å². The second kappa shape index (κ2) is 25.7. The molecule has 9 fully saturated rings. The van der Waals surface area contributed by atoms with Crippen molar-refractivity contribution >= 4 is 38.4 Å². The summed E-state index contributed by atoms with van der Waals surface area (Å²) in [5.41, 5.74) is 9.40. The molecule has 3 aromatic heterocycles. The van der Waals surface area contributed by atoms with Crippen molar-refractivity contribution in [2.75, 3.05) is 90.2 Å². The van der Waals surface area contributed by atoms with Gasteiger partial charge in [0.2, 0.25) is 0 Å². The van der Waals surface area contributed by atoms with Crippen molar-refractivity contribution in [2.24, 2.45) is 35.5 Å². The molecule has 0 unspecified atom stereocenters. The highest BCUT2D eigenvalue weighted by atomic mass is 16.5. The van der Waals surface area contributed by atoms with E-state index in [4.69, 9.17) is 29.2 Å². The molecule has 0 saturated carbocycles. The Hall–Kier alpha value is -6.89. The monoisotopic (exact) mass is 1160 g/mol. The predicted molar refractivity (Wildman–Crippen MR) is 355 cm³/mol. The summed E-state index contributed by atoms with van der Waals surface area (Å²) < 4.78 is 24.2. The molecule has 87 heavy (non-hydrogen) atoms. The van der Waals surface area contributed by atoms with Gasteiger partial charge in [-0.1, -0.05) is 103 Å². The maximum absolute atomic E-state index is 7.11. The number of aromatic nitrogens is 3. The number of rotatable bonds is 27. The molecule has 12 heterocycles. The first-order valence-corrected chi connectivity index (χ1v) is 32.7. The van der Waals surface area contributed by atoms with Gasteiger partial charge >= 0.3 is 0 Å². The first-order chi connectivity index (χ1) is 42.7. The zero-order valence-corrected chi connectivity index (χ0v) is 51.3. The smallest absolute Gasteiger partial charge is 0.135 e. The molecule has 16 rings (SSSR count). The fourth-order valence-electron chi connectivity index (χ4n) is 18.3. The van der Waals surface area contributed by atoms with Crippen LogP contribution in [0.25, 0.3) is 32.7 Å². The van der Waals surface area contributed by atoms with Gasteiger partial charge in [0, 0.05) is 102 Å². The molecule has 0 radical (unpaired) electrons. The van der Waals surface area contributed by atoms with E-state index in [1.165, 1.54) is 63.4 Å². The Morgan fingerprint density at radius 1 is 0.448 bits per heavy atom. The van der Waals surface area contributed by atoms with E-state index in [-0.39, 0.29) is 36.4 Å². The summed E-state index contributed by atoms with van der Waals surface area (Å²) in [6.07, 6.45) is 25.0. The Bertz CT molecular complexity index is 3460. The van der Waals surface area contributed by atoms with Gasteiger partial charge < -0.3 is 32.6 Å². The minimum absolute atomic E-state index is 0.106. The number of para-hydroxylation sites is 3. The average Bonchev–Trinajstić information content (AvgIpc) is 0.853. The second-order valence-electron chi connectivity index (χ2n) is 26.8. The molecule has 0 N–H and O–H groups in total. The van der Waals surface area contributed by atoms with E-state index in [1.54, 1.807) is 0 Å². The van der Waals surface area contributed by atoms with Crippen molar-refractivity contribution in [3.8, 4) is 0 Å². The highest BCUT2D eigenvalue weighted by Crippen LogP contribution is 2.52. The van der Waals surface area contributed by atoms with Crippen LogP contribution in [0, 0.1) is 35.5 Å². The van der Waals surface area contributed by atoms with Gasteiger partial charge in [0.15, 0.2) is 0 Å². The number of fused-ring (bicyclic) bond motifs is 12. The molecule has 0 aliphatic carbocycles. The maximum Gasteiger partial charge on any atom is 0.135 e. The van der Waals surface area contributed by atoms with Gasteiger partial charge in [-0.3, -0.25) is 15.0 Å². The number of anilines is 1. The molecule has 10 nitrogen and oxygen atoms in total. The number of piperidine rings is 9. The van der Waals surface area contributed by atoms with Gasteiger partial charge in [0.25, 0.3) is 0 Å².